The number of likely N-dealkylation sites (N-methyl/N-ethyl adjacent to an activating group) is 1. The van der Waals surface area contributed by atoms with Gasteiger partial charge in [-0.25, -0.2) is 4.68 Å². The van der Waals surface area contributed by atoms with Gasteiger partial charge in [-0.2, -0.15) is 0 Å². The summed E-state index contributed by atoms with van der Waals surface area (Å²) in [6.45, 7) is 7.79. The zero-order valence-corrected chi connectivity index (χ0v) is 13.7. The highest BCUT2D eigenvalue weighted by Gasteiger charge is 2.08. The van der Waals surface area contributed by atoms with Crippen LogP contribution in [0.3, 0.4) is 0 Å². The number of nitrogens with zero attached hydrogens (tertiary/aromatic N) is 4. The van der Waals surface area contributed by atoms with Crippen molar-refractivity contribution in [1.82, 2.24) is 25.2 Å². The summed E-state index contributed by atoms with van der Waals surface area (Å²) in [5.41, 5.74) is 0.351. The van der Waals surface area contributed by atoms with Crippen LogP contribution in [0, 0.1) is 0 Å². The second-order valence-corrected chi connectivity index (χ2v) is 5.26. The van der Waals surface area contributed by atoms with Crippen molar-refractivity contribution >= 4 is 16.8 Å². The van der Waals surface area contributed by atoms with Crippen molar-refractivity contribution < 1.29 is 4.79 Å². The second-order valence-electron chi connectivity index (χ2n) is 5.26. The molecule has 1 aromatic heterocycles. The van der Waals surface area contributed by atoms with Gasteiger partial charge in [-0.05, 0) is 25.2 Å². The van der Waals surface area contributed by atoms with Crippen LogP contribution in [-0.4, -0.2) is 52.0 Å². The van der Waals surface area contributed by atoms with Crippen molar-refractivity contribution in [3.8, 4) is 0 Å². The largest absolute Gasteiger partial charge is 0.355 e. The number of nitrogens with one attached hydrogen (secondary N) is 1. The Morgan fingerprint density at radius 3 is 2.74 bits per heavy atom. The third kappa shape index (κ3) is 4.59. The molecule has 1 heterocycles. The van der Waals surface area contributed by atoms with Crippen LogP contribution in [0.25, 0.3) is 10.9 Å². The van der Waals surface area contributed by atoms with Crippen LogP contribution < -0.4 is 10.9 Å². The van der Waals surface area contributed by atoms with Crippen LogP contribution in [0.4, 0.5) is 0 Å². The summed E-state index contributed by atoms with van der Waals surface area (Å²) in [4.78, 5) is 26.3. The Labute approximate surface area is 135 Å². The second kappa shape index (κ2) is 8.38. The molecule has 1 amide bonds. The highest BCUT2D eigenvalue weighted by molar-refractivity contribution is 5.77. The first-order valence-electron chi connectivity index (χ1n) is 7.97. The van der Waals surface area contributed by atoms with Gasteiger partial charge in [-0.15, -0.1) is 5.10 Å². The van der Waals surface area contributed by atoms with Crippen molar-refractivity contribution in [2.45, 2.75) is 26.8 Å². The number of rotatable bonds is 8. The Morgan fingerprint density at radius 1 is 1.26 bits per heavy atom. The van der Waals surface area contributed by atoms with Crippen molar-refractivity contribution in [2.75, 3.05) is 26.2 Å². The predicted molar refractivity (Wildman–Crippen MR) is 89.2 cm³/mol. The maximum Gasteiger partial charge on any atom is 0.277 e. The minimum absolute atomic E-state index is 0.0842. The Hall–Kier alpha value is -2.28. The lowest BCUT2D eigenvalue weighted by Crippen LogP contribution is -2.35. The average Bonchev–Trinajstić information content (AvgIpc) is 2.58. The van der Waals surface area contributed by atoms with Gasteiger partial charge in [0.2, 0.25) is 5.91 Å². The minimum Gasteiger partial charge on any atom is -0.355 e. The van der Waals surface area contributed by atoms with Crippen LogP contribution in [-0.2, 0) is 11.3 Å². The topological polar surface area (TPSA) is 80.1 Å². The van der Waals surface area contributed by atoms with Crippen LogP contribution in [0.15, 0.2) is 29.1 Å². The number of hydrogen-bond acceptors (Lipinski definition) is 5. The van der Waals surface area contributed by atoms with Gasteiger partial charge >= 0.3 is 0 Å². The van der Waals surface area contributed by atoms with E-state index in [-0.39, 0.29) is 24.4 Å². The van der Waals surface area contributed by atoms with Gasteiger partial charge in [0.15, 0.2) is 0 Å². The summed E-state index contributed by atoms with van der Waals surface area (Å²) >= 11 is 0. The zero-order chi connectivity index (χ0) is 16.7. The number of benzene rings is 1. The van der Waals surface area contributed by atoms with E-state index in [0.717, 1.165) is 19.6 Å². The fourth-order valence-electron chi connectivity index (χ4n) is 2.36. The number of fused-ring (bicyclic) bond motifs is 1. The van der Waals surface area contributed by atoms with Crippen molar-refractivity contribution in [2.24, 2.45) is 0 Å². The first kappa shape index (κ1) is 17.1. The molecule has 0 aliphatic heterocycles. The maximum absolute atomic E-state index is 12.2. The van der Waals surface area contributed by atoms with E-state index in [9.17, 15) is 9.59 Å². The van der Waals surface area contributed by atoms with E-state index in [1.807, 2.05) is 6.07 Å². The van der Waals surface area contributed by atoms with Gasteiger partial charge < -0.3 is 10.2 Å². The standard InChI is InChI=1S/C16H23N5O2/c1-3-20(4-2)12-10-17-15(22)9-11-21-16(23)13-7-5-6-8-14(13)18-19-21/h5-8H,3-4,9-12H2,1-2H3,(H,17,22). The molecule has 7 heteroatoms. The predicted octanol–water partition coefficient (Wildman–Crippen LogP) is 0.640. The Morgan fingerprint density at radius 2 is 2.00 bits per heavy atom. The number of hydrogen-bond donors (Lipinski definition) is 1. The van der Waals surface area contributed by atoms with E-state index < -0.39 is 0 Å². The highest BCUT2D eigenvalue weighted by atomic mass is 16.2. The summed E-state index contributed by atoms with van der Waals surface area (Å²) < 4.78 is 1.24. The van der Waals surface area contributed by atoms with Crippen molar-refractivity contribution in [1.29, 1.82) is 0 Å². The quantitative estimate of drug-likeness (QED) is 0.773. The molecule has 0 atom stereocenters. The smallest absolute Gasteiger partial charge is 0.277 e. The van der Waals surface area contributed by atoms with Gasteiger partial charge in [0, 0.05) is 19.5 Å². The number of carbonyl (C=O) groups excluding carboxylic acids is 1. The monoisotopic (exact) mass is 317 g/mol. The molecule has 23 heavy (non-hydrogen) atoms. The fourth-order valence-corrected chi connectivity index (χ4v) is 2.36. The maximum atomic E-state index is 12.2. The molecule has 0 spiro atoms. The Bertz CT molecular complexity index is 709. The summed E-state index contributed by atoms with van der Waals surface area (Å²) in [6.07, 6.45) is 0.213. The molecule has 2 aromatic rings. The first-order chi connectivity index (χ1) is 11.2. The third-order valence-electron chi connectivity index (χ3n) is 3.82. The van der Waals surface area contributed by atoms with Crippen molar-refractivity contribution in [3.05, 3.63) is 34.6 Å². The Balaban J connectivity index is 1.87. The molecule has 0 radical (unpaired) electrons. The molecule has 124 valence electrons. The molecule has 0 unspecified atom stereocenters. The van der Waals surface area contributed by atoms with Gasteiger partial charge in [0.1, 0.15) is 5.52 Å². The highest BCUT2D eigenvalue weighted by Crippen LogP contribution is 2.03. The lowest BCUT2D eigenvalue weighted by Gasteiger charge is -2.17. The Kier molecular flexibility index (Phi) is 6.22. The molecule has 1 N–H and O–H groups in total. The SMILES string of the molecule is CCN(CC)CCNC(=O)CCn1nnc2ccccc2c1=O. The van der Waals surface area contributed by atoms with Gasteiger partial charge in [0.05, 0.1) is 11.9 Å². The summed E-state index contributed by atoms with van der Waals surface area (Å²) in [6, 6.07) is 7.06. The normalized spacial score (nSPS) is 11.1. The van der Waals surface area contributed by atoms with E-state index in [0.29, 0.717) is 17.4 Å². The molecule has 1 aromatic carbocycles. The molecular formula is C16H23N5O2. The average molecular weight is 317 g/mol. The molecule has 0 aliphatic carbocycles. The van der Waals surface area contributed by atoms with E-state index in [2.05, 4.69) is 34.4 Å². The van der Waals surface area contributed by atoms with Crippen LogP contribution in [0.5, 0.6) is 0 Å². The summed E-state index contributed by atoms with van der Waals surface area (Å²) in [7, 11) is 0. The summed E-state index contributed by atoms with van der Waals surface area (Å²) in [5, 5.41) is 11.3. The molecule has 0 bridgehead atoms. The van der Waals surface area contributed by atoms with E-state index >= 15 is 0 Å². The molecule has 0 saturated heterocycles. The van der Waals surface area contributed by atoms with E-state index in [1.165, 1.54) is 4.68 Å². The number of carbonyl (C=O) groups is 1. The van der Waals surface area contributed by atoms with Crippen LogP contribution >= 0.6 is 0 Å². The lowest BCUT2D eigenvalue weighted by atomic mass is 10.2. The van der Waals surface area contributed by atoms with Crippen LogP contribution in [0.2, 0.25) is 0 Å². The van der Waals surface area contributed by atoms with Gasteiger partial charge in [-0.3, -0.25) is 9.59 Å². The molecule has 0 aliphatic rings. The molecule has 7 nitrogen and oxygen atoms in total. The lowest BCUT2D eigenvalue weighted by molar-refractivity contribution is -0.121. The van der Waals surface area contributed by atoms with E-state index in [4.69, 9.17) is 0 Å². The molecule has 0 fully saturated rings. The van der Waals surface area contributed by atoms with Crippen LogP contribution in [0.1, 0.15) is 20.3 Å². The van der Waals surface area contributed by atoms with Gasteiger partial charge in [-0.1, -0.05) is 31.2 Å². The molecular weight excluding hydrogens is 294 g/mol. The fraction of sp³-hybridized carbons (Fsp3) is 0.500. The number of aromatic nitrogens is 3. The zero-order valence-electron chi connectivity index (χ0n) is 13.7. The third-order valence-corrected chi connectivity index (χ3v) is 3.82. The van der Waals surface area contributed by atoms with E-state index in [1.54, 1.807) is 18.2 Å². The summed E-state index contributed by atoms with van der Waals surface area (Å²) in [5.74, 6) is -0.0842. The number of amides is 1. The number of aryl methyl sites for hydroxylation is 1. The molecule has 0 saturated carbocycles. The van der Waals surface area contributed by atoms with Gasteiger partial charge in [0.25, 0.3) is 5.56 Å². The first-order valence-corrected chi connectivity index (χ1v) is 7.97. The molecule has 2 rings (SSSR count). The van der Waals surface area contributed by atoms with Crippen molar-refractivity contribution in [3.63, 3.8) is 0 Å². The minimum atomic E-state index is -0.216.